The number of nitrogens with zero attached hydrogens (tertiary/aromatic N) is 2. The normalized spacial score (nSPS) is 32.4. The molecule has 3 amide bonds. The van der Waals surface area contributed by atoms with E-state index in [-0.39, 0.29) is 35.8 Å². The number of rotatable bonds is 3. The van der Waals surface area contributed by atoms with Gasteiger partial charge in [-0.25, -0.2) is 0 Å². The predicted octanol–water partition coefficient (Wildman–Crippen LogP) is 1.70. The average molecular weight is 292 g/mol. The Hall–Kier alpha value is -1.39. The van der Waals surface area contributed by atoms with E-state index in [2.05, 4.69) is 18.7 Å². The summed E-state index contributed by atoms with van der Waals surface area (Å²) in [6.07, 6.45) is 4.90. The highest BCUT2D eigenvalue weighted by Crippen LogP contribution is 2.39. The summed E-state index contributed by atoms with van der Waals surface area (Å²) < 4.78 is 0. The molecule has 0 spiro atoms. The minimum atomic E-state index is -0.0219. The third-order valence-electron chi connectivity index (χ3n) is 5.03. The van der Waals surface area contributed by atoms with E-state index in [0.29, 0.717) is 25.2 Å². The molecule has 3 rings (SSSR count). The van der Waals surface area contributed by atoms with Crippen molar-refractivity contribution in [2.45, 2.75) is 76.9 Å². The quantitative estimate of drug-likeness (QED) is 0.744. The molecule has 5 nitrogen and oxygen atoms in total. The summed E-state index contributed by atoms with van der Waals surface area (Å²) in [4.78, 5) is 39.8. The Labute approximate surface area is 125 Å². The fourth-order valence-corrected chi connectivity index (χ4v) is 4.22. The molecule has 3 aliphatic heterocycles. The molecular weight excluding hydrogens is 268 g/mol. The first-order valence-corrected chi connectivity index (χ1v) is 8.13. The molecule has 2 bridgehead atoms. The van der Waals surface area contributed by atoms with Gasteiger partial charge >= 0.3 is 0 Å². The summed E-state index contributed by atoms with van der Waals surface area (Å²) in [7, 11) is 0. The van der Waals surface area contributed by atoms with Gasteiger partial charge in [0, 0.05) is 37.4 Å². The van der Waals surface area contributed by atoms with Crippen molar-refractivity contribution in [3.8, 4) is 0 Å². The van der Waals surface area contributed by atoms with Crippen LogP contribution in [-0.4, -0.2) is 45.6 Å². The van der Waals surface area contributed by atoms with Crippen molar-refractivity contribution in [3.63, 3.8) is 0 Å². The molecule has 3 aliphatic rings. The second-order valence-corrected chi connectivity index (χ2v) is 7.07. The largest absolute Gasteiger partial charge is 0.337 e. The third kappa shape index (κ3) is 2.58. The van der Waals surface area contributed by atoms with Crippen LogP contribution in [0.4, 0.5) is 0 Å². The van der Waals surface area contributed by atoms with E-state index >= 15 is 0 Å². The lowest BCUT2D eigenvalue weighted by atomic mass is 9.95. The number of amides is 3. The van der Waals surface area contributed by atoms with E-state index < -0.39 is 0 Å². The molecule has 0 N–H and O–H groups in total. The smallest absolute Gasteiger partial charge is 0.229 e. The molecule has 0 saturated carbocycles. The van der Waals surface area contributed by atoms with Crippen LogP contribution in [0.3, 0.4) is 0 Å². The van der Waals surface area contributed by atoms with Crippen molar-refractivity contribution in [2.75, 3.05) is 0 Å². The van der Waals surface area contributed by atoms with Crippen LogP contribution in [0.5, 0.6) is 0 Å². The van der Waals surface area contributed by atoms with Crippen LogP contribution in [0.1, 0.15) is 58.8 Å². The van der Waals surface area contributed by atoms with Crippen molar-refractivity contribution in [3.05, 3.63) is 0 Å². The number of fused-ring (bicyclic) bond motifs is 2. The minimum absolute atomic E-state index is 0.0214. The molecule has 0 aromatic heterocycles. The Morgan fingerprint density at radius 3 is 2.05 bits per heavy atom. The van der Waals surface area contributed by atoms with Crippen molar-refractivity contribution in [2.24, 2.45) is 5.92 Å². The lowest BCUT2D eigenvalue weighted by Gasteiger charge is -2.41. The van der Waals surface area contributed by atoms with Crippen LogP contribution < -0.4 is 0 Å². The molecule has 0 radical (unpaired) electrons. The van der Waals surface area contributed by atoms with Crippen LogP contribution in [0.2, 0.25) is 0 Å². The van der Waals surface area contributed by atoms with E-state index in [1.54, 1.807) is 0 Å². The molecule has 0 aromatic carbocycles. The maximum Gasteiger partial charge on any atom is 0.229 e. The summed E-state index contributed by atoms with van der Waals surface area (Å²) >= 11 is 0. The Morgan fingerprint density at radius 1 is 1.05 bits per heavy atom. The zero-order valence-electron chi connectivity index (χ0n) is 12.9. The summed E-state index contributed by atoms with van der Waals surface area (Å²) in [5.41, 5.74) is 0. The van der Waals surface area contributed by atoms with Gasteiger partial charge in [-0.15, -0.1) is 0 Å². The van der Waals surface area contributed by atoms with Gasteiger partial charge in [-0.05, 0) is 31.6 Å². The van der Waals surface area contributed by atoms with Crippen LogP contribution in [0, 0.1) is 5.92 Å². The lowest BCUT2D eigenvalue weighted by molar-refractivity contribution is -0.144. The molecule has 21 heavy (non-hydrogen) atoms. The number of carbonyl (C=O) groups excluding carboxylic acids is 3. The highest BCUT2D eigenvalue weighted by atomic mass is 16.2. The van der Waals surface area contributed by atoms with E-state index in [9.17, 15) is 14.4 Å². The SMILES string of the molecule is CC(C)CC(=O)N1C2CCC1CC(N1C(=O)CCC1=O)C2. The number of hydrogen-bond acceptors (Lipinski definition) is 3. The number of carbonyl (C=O) groups is 3. The first-order chi connectivity index (χ1) is 9.97. The van der Waals surface area contributed by atoms with Gasteiger partial charge in [-0.2, -0.15) is 0 Å². The minimum Gasteiger partial charge on any atom is -0.337 e. The van der Waals surface area contributed by atoms with Crippen molar-refractivity contribution < 1.29 is 14.4 Å². The van der Waals surface area contributed by atoms with Gasteiger partial charge in [0.2, 0.25) is 17.7 Å². The number of hydrogen-bond donors (Lipinski definition) is 0. The molecule has 2 atom stereocenters. The van der Waals surface area contributed by atoms with E-state index in [1.165, 1.54) is 4.90 Å². The number of piperidine rings is 1. The summed E-state index contributed by atoms with van der Waals surface area (Å²) in [6.45, 7) is 4.13. The van der Waals surface area contributed by atoms with E-state index in [1.807, 2.05) is 0 Å². The predicted molar refractivity (Wildman–Crippen MR) is 77.2 cm³/mol. The molecule has 0 aliphatic carbocycles. The fourth-order valence-electron chi connectivity index (χ4n) is 4.22. The maximum atomic E-state index is 12.4. The van der Waals surface area contributed by atoms with Crippen molar-refractivity contribution >= 4 is 17.7 Å². The fraction of sp³-hybridized carbons (Fsp3) is 0.812. The second kappa shape index (κ2) is 5.43. The summed E-state index contributed by atoms with van der Waals surface area (Å²) in [5.74, 6) is 0.573. The van der Waals surface area contributed by atoms with Gasteiger partial charge in [-0.1, -0.05) is 13.8 Å². The van der Waals surface area contributed by atoms with Gasteiger partial charge in [-0.3, -0.25) is 19.3 Å². The number of likely N-dealkylation sites (tertiary alicyclic amines) is 1. The zero-order chi connectivity index (χ0) is 15.1. The van der Waals surface area contributed by atoms with Crippen molar-refractivity contribution in [1.82, 2.24) is 9.80 Å². The average Bonchev–Trinajstić information content (AvgIpc) is 2.86. The van der Waals surface area contributed by atoms with Crippen molar-refractivity contribution in [1.29, 1.82) is 0 Å². The molecule has 2 unspecified atom stereocenters. The topological polar surface area (TPSA) is 57.7 Å². The van der Waals surface area contributed by atoms with Crippen LogP contribution in [-0.2, 0) is 14.4 Å². The monoisotopic (exact) mass is 292 g/mol. The Morgan fingerprint density at radius 2 is 1.57 bits per heavy atom. The lowest BCUT2D eigenvalue weighted by Crippen LogP contribution is -2.53. The third-order valence-corrected chi connectivity index (χ3v) is 5.03. The first-order valence-electron chi connectivity index (χ1n) is 8.13. The Kier molecular flexibility index (Phi) is 3.76. The van der Waals surface area contributed by atoms with Crippen LogP contribution >= 0.6 is 0 Å². The molecule has 3 saturated heterocycles. The van der Waals surface area contributed by atoms with Gasteiger partial charge < -0.3 is 4.90 Å². The number of imide groups is 1. The molecule has 3 heterocycles. The van der Waals surface area contributed by atoms with E-state index in [4.69, 9.17) is 0 Å². The van der Waals surface area contributed by atoms with Crippen LogP contribution in [0.25, 0.3) is 0 Å². The molecule has 0 aromatic rings. The molecular formula is C16H24N2O3. The van der Waals surface area contributed by atoms with Gasteiger partial charge in [0.25, 0.3) is 0 Å². The second-order valence-electron chi connectivity index (χ2n) is 7.07. The molecule has 3 fully saturated rings. The molecule has 5 heteroatoms. The molecule has 116 valence electrons. The summed E-state index contributed by atoms with van der Waals surface area (Å²) in [6, 6.07) is 0.468. The standard InChI is InChI=1S/C16H24N2O3/c1-10(2)7-16(21)17-11-3-4-12(17)9-13(8-11)18-14(19)5-6-15(18)20/h10-13H,3-9H2,1-2H3. The highest BCUT2D eigenvalue weighted by Gasteiger charge is 2.47. The van der Waals surface area contributed by atoms with Gasteiger partial charge in [0.15, 0.2) is 0 Å². The van der Waals surface area contributed by atoms with Gasteiger partial charge in [0.05, 0.1) is 0 Å². The Balaban J connectivity index is 1.70. The summed E-state index contributed by atoms with van der Waals surface area (Å²) in [5, 5.41) is 0. The maximum absolute atomic E-state index is 12.4. The highest BCUT2D eigenvalue weighted by molar-refractivity contribution is 6.02. The van der Waals surface area contributed by atoms with E-state index in [0.717, 1.165) is 25.7 Å². The van der Waals surface area contributed by atoms with Crippen LogP contribution in [0.15, 0.2) is 0 Å². The zero-order valence-corrected chi connectivity index (χ0v) is 12.9. The van der Waals surface area contributed by atoms with Gasteiger partial charge in [0.1, 0.15) is 0 Å². The Bertz CT molecular complexity index is 444. The first kappa shape index (κ1) is 14.5.